The molecule has 0 radical (unpaired) electrons. The van der Waals surface area contributed by atoms with E-state index in [1.54, 1.807) is 26.8 Å². The van der Waals surface area contributed by atoms with Crippen LogP contribution in [-0.2, 0) is 16.0 Å². The number of hydrogen-bond donors (Lipinski definition) is 1. The van der Waals surface area contributed by atoms with Gasteiger partial charge < -0.3 is 10.5 Å². The van der Waals surface area contributed by atoms with Crippen LogP contribution in [0.2, 0.25) is 0 Å². The van der Waals surface area contributed by atoms with Crippen molar-refractivity contribution in [1.82, 2.24) is 4.90 Å². The van der Waals surface area contributed by atoms with Crippen molar-refractivity contribution in [3.63, 3.8) is 0 Å². The van der Waals surface area contributed by atoms with E-state index >= 15 is 0 Å². The number of carbonyl (C=O) groups is 2. The minimum atomic E-state index is -0.662. The molecule has 6 heteroatoms. The van der Waals surface area contributed by atoms with Gasteiger partial charge in [-0.3, -0.25) is 4.79 Å². The van der Waals surface area contributed by atoms with Gasteiger partial charge in [-0.25, -0.2) is 14.1 Å². The average molecular weight is 308 g/mol. The summed E-state index contributed by atoms with van der Waals surface area (Å²) < 4.78 is 18.5. The standard InChI is InChI=1S/C16H21FN2O3/c1-16(2,3)22-15(21)19-11(5-7-14(19)20)8-10-4-6-12(17)13(18)9-10/h4,6,9,11H,5,7-8,18H2,1-3H3. The molecule has 1 aromatic rings. The third-order valence-electron chi connectivity index (χ3n) is 3.45. The second-order valence-corrected chi connectivity index (χ2v) is 6.50. The zero-order chi connectivity index (χ0) is 16.5. The Balaban J connectivity index is 2.13. The molecule has 5 nitrogen and oxygen atoms in total. The zero-order valence-corrected chi connectivity index (χ0v) is 13.1. The zero-order valence-electron chi connectivity index (χ0n) is 13.1. The van der Waals surface area contributed by atoms with E-state index in [-0.39, 0.29) is 17.6 Å². The minimum absolute atomic E-state index is 0.0608. The normalized spacial score (nSPS) is 18.6. The fourth-order valence-corrected chi connectivity index (χ4v) is 2.49. The summed E-state index contributed by atoms with van der Waals surface area (Å²) in [6, 6.07) is 4.15. The van der Waals surface area contributed by atoms with Crippen LogP contribution in [0.5, 0.6) is 0 Å². The van der Waals surface area contributed by atoms with Crippen molar-refractivity contribution in [2.24, 2.45) is 0 Å². The molecule has 0 saturated carbocycles. The monoisotopic (exact) mass is 308 g/mol. The first-order valence-electron chi connectivity index (χ1n) is 7.26. The molecule has 120 valence electrons. The van der Waals surface area contributed by atoms with E-state index in [0.29, 0.717) is 19.3 Å². The molecule has 0 spiro atoms. The van der Waals surface area contributed by atoms with E-state index in [0.717, 1.165) is 5.56 Å². The van der Waals surface area contributed by atoms with Crippen molar-refractivity contribution < 1.29 is 18.7 Å². The number of carbonyl (C=O) groups excluding carboxylic acids is 2. The van der Waals surface area contributed by atoms with Gasteiger partial charge in [-0.15, -0.1) is 0 Å². The average Bonchev–Trinajstić information content (AvgIpc) is 2.73. The lowest BCUT2D eigenvalue weighted by Crippen LogP contribution is -2.43. The van der Waals surface area contributed by atoms with Crippen molar-refractivity contribution in [2.75, 3.05) is 5.73 Å². The van der Waals surface area contributed by atoms with Gasteiger partial charge in [-0.1, -0.05) is 6.07 Å². The summed E-state index contributed by atoms with van der Waals surface area (Å²) >= 11 is 0. The first-order chi connectivity index (χ1) is 10.2. The molecule has 1 aromatic carbocycles. The lowest BCUT2D eigenvalue weighted by Gasteiger charge is -2.27. The topological polar surface area (TPSA) is 72.6 Å². The molecule has 1 atom stereocenters. The van der Waals surface area contributed by atoms with E-state index < -0.39 is 17.5 Å². The van der Waals surface area contributed by atoms with Gasteiger partial charge in [-0.2, -0.15) is 0 Å². The summed E-state index contributed by atoms with van der Waals surface area (Å²) in [5.74, 6) is -0.718. The smallest absolute Gasteiger partial charge is 0.417 e. The third kappa shape index (κ3) is 3.75. The summed E-state index contributed by atoms with van der Waals surface area (Å²) in [6.07, 6.45) is 0.681. The number of benzene rings is 1. The van der Waals surface area contributed by atoms with Crippen LogP contribution >= 0.6 is 0 Å². The maximum absolute atomic E-state index is 13.2. The number of rotatable bonds is 2. The van der Waals surface area contributed by atoms with Crippen molar-refractivity contribution in [1.29, 1.82) is 0 Å². The predicted molar refractivity (Wildman–Crippen MR) is 80.6 cm³/mol. The third-order valence-corrected chi connectivity index (χ3v) is 3.45. The highest BCUT2D eigenvalue weighted by Crippen LogP contribution is 2.25. The summed E-state index contributed by atoms with van der Waals surface area (Å²) in [5, 5.41) is 0. The highest BCUT2D eigenvalue weighted by Gasteiger charge is 2.38. The number of imide groups is 1. The molecule has 0 aromatic heterocycles. The van der Waals surface area contributed by atoms with Gasteiger partial charge in [0.2, 0.25) is 5.91 Å². The van der Waals surface area contributed by atoms with Crippen LogP contribution in [0.3, 0.4) is 0 Å². The van der Waals surface area contributed by atoms with Crippen LogP contribution < -0.4 is 5.73 Å². The largest absolute Gasteiger partial charge is 0.443 e. The second kappa shape index (κ2) is 5.94. The molecule has 0 aliphatic carbocycles. The molecular weight excluding hydrogens is 287 g/mol. The molecule has 2 N–H and O–H groups in total. The molecule has 1 saturated heterocycles. The molecule has 22 heavy (non-hydrogen) atoms. The molecule has 2 amide bonds. The molecule has 1 heterocycles. The lowest BCUT2D eigenvalue weighted by molar-refractivity contribution is -0.128. The van der Waals surface area contributed by atoms with Crippen molar-refractivity contribution >= 4 is 17.7 Å². The Kier molecular flexibility index (Phi) is 4.39. The van der Waals surface area contributed by atoms with E-state index in [2.05, 4.69) is 0 Å². The number of ether oxygens (including phenoxy) is 1. The number of halogens is 1. The number of likely N-dealkylation sites (tertiary alicyclic amines) is 1. The fraction of sp³-hybridized carbons (Fsp3) is 0.500. The van der Waals surface area contributed by atoms with Crippen LogP contribution in [0, 0.1) is 5.82 Å². The van der Waals surface area contributed by atoms with Crippen LogP contribution in [0.15, 0.2) is 18.2 Å². The maximum Gasteiger partial charge on any atom is 0.417 e. The first-order valence-corrected chi connectivity index (χ1v) is 7.26. The Morgan fingerprint density at radius 2 is 2.14 bits per heavy atom. The SMILES string of the molecule is CC(C)(C)OC(=O)N1C(=O)CCC1Cc1ccc(F)c(N)c1. The van der Waals surface area contributed by atoms with E-state index in [4.69, 9.17) is 10.5 Å². The Morgan fingerprint density at radius 1 is 1.45 bits per heavy atom. The molecule has 0 bridgehead atoms. The Hall–Kier alpha value is -2.11. The lowest BCUT2D eigenvalue weighted by atomic mass is 10.0. The molecule has 1 fully saturated rings. The molecule has 1 aliphatic rings. The summed E-state index contributed by atoms with van der Waals surface area (Å²) in [6.45, 7) is 5.25. The van der Waals surface area contributed by atoms with Gasteiger partial charge in [0.15, 0.2) is 0 Å². The van der Waals surface area contributed by atoms with Crippen molar-refractivity contribution in [3.05, 3.63) is 29.6 Å². The van der Waals surface area contributed by atoms with E-state index in [1.165, 1.54) is 17.0 Å². The van der Waals surface area contributed by atoms with Crippen LogP contribution in [0.25, 0.3) is 0 Å². The highest BCUT2D eigenvalue weighted by molar-refractivity contribution is 5.94. The summed E-state index contributed by atoms with van der Waals surface area (Å²) in [4.78, 5) is 25.3. The molecular formula is C16H21FN2O3. The van der Waals surface area contributed by atoms with Gasteiger partial charge in [0, 0.05) is 12.5 Å². The quantitative estimate of drug-likeness (QED) is 0.853. The number of nitrogens with two attached hydrogens (primary N) is 1. The Bertz CT molecular complexity index is 596. The fourth-order valence-electron chi connectivity index (χ4n) is 2.49. The highest BCUT2D eigenvalue weighted by atomic mass is 19.1. The van der Waals surface area contributed by atoms with Crippen molar-refractivity contribution in [2.45, 2.75) is 51.7 Å². The first kappa shape index (κ1) is 16.3. The number of nitrogen functional groups attached to an aromatic ring is 1. The van der Waals surface area contributed by atoms with Gasteiger partial charge in [-0.05, 0) is 51.3 Å². The van der Waals surface area contributed by atoms with Crippen LogP contribution in [-0.4, -0.2) is 28.5 Å². The Labute approximate surface area is 129 Å². The van der Waals surface area contributed by atoms with Gasteiger partial charge in [0.1, 0.15) is 11.4 Å². The number of nitrogens with zero attached hydrogens (tertiary/aromatic N) is 1. The second-order valence-electron chi connectivity index (χ2n) is 6.50. The van der Waals surface area contributed by atoms with Gasteiger partial charge >= 0.3 is 6.09 Å². The summed E-state index contributed by atoms with van der Waals surface area (Å²) in [7, 11) is 0. The van der Waals surface area contributed by atoms with Crippen molar-refractivity contribution in [3.8, 4) is 0 Å². The molecule has 1 aliphatic heterocycles. The van der Waals surface area contributed by atoms with E-state index in [1.807, 2.05) is 0 Å². The number of anilines is 1. The number of amides is 2. The molecule has 2 rings (SSSR count). The van der Waals surface area contributed by atoms with Gasteiger partial charge in [0.25, 0.3) is 0 Å². The molecule has 1 unspecified atom stereocenters. The van der Waals surface area contributed by atoms with Crippen LogP contribution in [0.4, 0.5) is 14.9 Å². The summed E-state index contributed by atoms with van der Waals surface area (Å²) in [5.41, 5.74) is 5.74. The maximum atomic E-state index is 13.2. The Morgan fingerprint density at radius 3 is 2.73 bits per heavy atom. The predicted octanol–water partition coefficient (Wildman–Crippen LogP) is 2.88. The van der Waals surface area contributed by atoms with Crippen LogP contribution in [0.1, 0.15) is 39.2 Å². The van der Waals surface area contributed by atoms with E-state index in [9.17, 15) is 14.0 Å². The number of hydrogen-bond acceptors (Lipinski definition) is 4. The minimum Gasteiger partial charge on any atom is -0.443 e. The van der Waals surface area contributed by atoms with Gasteiger partial charge in [0.05, 0.1) is 5.69 Å².